The zero-order chi connectivity index (χ0) is 27.0. The number of likely N-dealkylation sites (N-methyl/N-ethyl adjacent to an activating group) is 1. The second-order valence-electron chi connectivity index (χ2n) is 9.96. The van der Waals surface area contributed by atoms with E-state index in [4.69, 9.17) is 26.4 Å². The molecule has 0 amide bonds. The highest BCUT2D eigenvalue weighted by Gasteiger charge is 2.18. The molecule has 3 rings (SSSR count). The average molecular weight is 521 g/mol. The first kappa shape index (κ1) is 28.0. The van der Waals surface area contributed by atoms with Crippen molar-refractivity contribution >= 4 is 34.7 Å². The van der Waals surface area contributed by atoms with Crippen LogP contribution in [-0.4, -0.2) is 44.5 Å². The van der Waals surface area contributed by atoms with Gasteiger partial charge in [-0.3, -0.25) is 4.79 Å². The van der Waals surface area contributed by atoms with E-state index in [1.807, 2.05) is 85.7 Å². The van der Waals surface area contributed by atoms with Crippen LogP contribution in [0.4, 0.5) is 11.4 Å². The summed E-state index contributed by atoms with van der Waals surface area (Å²) >= 11 is 5.54. The van der Waals surface area contributed by atoms with Gasteiger partial charge in [-0.2, -0.15) is 0 Å². The summed E-state index contributed by atoms with van der Waals surface area (Å²) in [6.07, 6.45) is -0.440. The van der Waals surface area contributed by atoms with Crippen LogP contribution in [0.15, 0.2) is 78.9 Å². The van der Waals surface area contributed by atoms with E-state index in [1.54, 1.807) is 4.90 Å². The summed E-state index contributed by atoms with van der Waals surface area (Å²) in [7, 11) is 3.81. The molecule has 0 radical (unpaired) electrons. The number of nitrogens with zero attached hydrogens (tertiary/aromatic N) is 2. The minimum absolute atomic E-state index is 0.0711. The van der Waals surface area contributed by atoms with Gasteiger partial charge in [-0.05, 0) is 59.6 Å². The smallest absolute Gasteiger partial charge is 0.303 e. The summed E-state index contributed by atoms with van der Waals surface area (Å²) in [4.78, 5) is 15.5. The predicted molar refractivity (Wildman–Crippen MR) is 154 cm³/mol. The molecule has 1 atom stereocenters. The molecule has 3 aromatic carbocycles. The van der Waals surface area contributed by atoms with Gasteiger partial charge in [-0.1, -0.05) is 57.2 Å². The predicted octanol–water partition coefficient (Wildman–Crippen LogP) is 6.23. The zero-order valence-electron chi connectivity index (χ0n) is 22.4. The highest BCUT2D eigenvalue weighted by Crippen LogP contribution is 2.26. The maximum absolute atomic E-state index is 11.7. The van der Waals surface area contributed by atoms with Crippen LogP contribution >= 0.6 is 12.2 Å². The van der Waals surface area contributed by atoms with E-state index in [-0.39, 0.29) is 18.0 Å². The van der Waals surface area contributed by atoms with Gasteiger partial charge in [0.1, 0.15) is 18.1 Å². The Balaban J connectivity index is 1.62. The Bertz CT molecular complexity index is 1180. The van der Waals surface area contributed by atoms with Crippen LogP contribution < -0.4 is 19.3 Å². The molecule has 6 nitrogen and oxygen atoms in total. The lowest BCUT2D eigenvalue weighted by Gasteiger charge is -2.26. The van der Waals surface area contributed by atoms with Crippen molar-refractivity contribution in [1.82, 2.24) is 0 Å². The van der Waals surface area contributed by atoms with Crippen LogP contribution in [0, 0.1) is 0 Å². The second-order valence-corrected chi connectivity index (χ2v) is 10.3. The molecule has 0 aliphatic rings. The number of carbonyl (C=O) groups excluding carboxylic acids is 1. The normalized spacial score (nSPS) is 11.8. The minimum atomic E-state index is -0.440. The second kappa shape index (κ2) is 12.6. The third-order valence-corrected chi connectivity index (χ3v) is 6.20. The first-order valence-electron chi connectivity index (χ1n) is 12.3. The Morgan fingerprint density at radius 2 is 1.54 bits per heavy atom. The largest absolute Gasteiger partial charge is 0.490 e. The molecule has 0 saturated heterocycles. The molecule has 3 aromatic rings. The average Bonchev–Trinajstić information content (AvgIpc) is 2.87. The van der Waals surface area contributed by atoms with E-state index in [0.717, 1.165) is 11.4 Å². The first-order valence-corrected chi connectivity index (χ1v) is 12.7. The van der Waals surface area contributed by atoms with Crippen molar-refractivity contribution in [2.45, 2.75) is 39.2 Å². The number of thiocarbonyl (C=S) groups is 1. The van der Waals surface area contributed by atoms with Gasteiger partial charge in [-0.15, -0.1) is 0 Å². The van der Waals surface area contributed by atoms with Crippen LogP contribution in [0.2, 0.25) is 0 Å². The number of hydrogen-bond donors (Lipinski definition) is 0. The Hall–Kier alpha value is -3.58. The molecule has 0 aliphatic carbocycles. The number of hydrogen-bond acceptors (Lipinski definition) is 6. The van der Waals surface area contributed by atoms with Gasteiger partial charge < -0.3 is 24.0 Å². The van der Waals surface area contributed by atoms with Crippen molar-refractivity contribution in [3.8, 4) is 11.5 Å². The van der Waals surface area contributed by atoms with Crippen LogP contribution in [0.5, 0.6) is 11.5 Å². The number of para-hydroxylation sites is 1. The molecule has 0 saturated carbocycles. The number of esters is 1. The topological polar surface area (TPSA) is 51.2 Å². The van der Waals surface area contributed by atoms with Crippen LogP contribution in [-0.2, 0) is 14.9 Å². The minimum Gasteiger partial charge on any atom is -0.490 e. The molecule has 0 aliphatic heterocycles. The zero-order valence-corrected chi connectivity index (χ0v) is 23.2. The molecular formula is C30H36N2O4S. The van der Waals surface area contributed by atoms with Gasteiger partial charge in [0.2, 0.25) is 0 Å². The molecule has 196 valence electrons. The molecule has 7 heteroatoms. The molecule has 0 fully saturated rings. The summed E-state index contributed by atoms with van der Waals surface area (Å²) in [6.45, 7) is 8.63. The lowest BCUT2D eigenvalue weighted by atomic mass is 9.87. The first-order chi connectivity index (χ1) is 17.5. The number of ether oxygens (including phenoxy) is 3. The summed E-state index contributed by atoms with van der Waals surface area (Å²) in [5.74, 6) is 0.979. The van der Waals surface area contributed by atoms with Crippen molar-refractivity contribution < 1.29 is 19.0 Å². The fourth-order valence-electron chi connectivity index (χ4n) is 3.72. The van der Waals surface area contributed by atoms with Gasteiger partial charge in [0.05, 0.1) is 6.54 Å². The molecule has 0 heterocycles. The lowest BCUT2D eigenvalue weighted by Crippen LogP contribution is -2.36. The van der Waals surface area contributed by atoms with E-state index in [1.165, 1.54) is 12.5 Å². The molecule has 1 unspecified atom stereocenters. The molecule has 0 bridgehead atoms. The maximum atomic E-state index is 11.7. The summed E-state index contributed by atoms with van der Waals surface area (Å²) in [5, 5.41) is 0.322. The fraction of sp³-hybridized carbons (Fsp3) is 0.333. The van der Waals surface area contributed by atoms with E-state index in [9.17, 15) is 4.79 Å². The van der Waals surface area contributed by atoms with Crippen LogP contribution in [0.1, 0.15) is 33.3 Å². The van der Waals surface area contributed by atoms with E-state index in [0.29, 0.717) is 23.2 Å². The number of carbonyl (C=O) groups is 1. The van der Waals surface area contributed by atoms with Gasteiger partial charge in [0, 0.05) is 38.5 Å². The quantitative estimate of drug-likeness (QED) is 0.245. The summed E-state index contributed by atoms with van der Waals surface area (Å²) in [6, 6.07) is 25.5. The van der Waals surface area contributed by atoms with E-state index >= 15 is 0 Å². The van der Waals surface area contributed by atoms with Gasteiger partial charge in [0.25, 0.3) is 5.17 Å². The van der Waals surface area contributed by atoms with Crippen molar-refractivity contribution in [3.63, 3.8) is 0 Å². The highest BCUT2D eigenvalue weighted by atomic mass is 32.1. The monoisotopic (exact) mass is 520 g/mol. The van der Waals surface area contributed by atoms with Crippen molar-refractivity contribution in [2.75, 3.05) is 37.0 Å². The summed E-state index contributed by atoms with van der Waals surface area (Å²) < 4.78 is 17.5. The van der Waals surface area contributed by atoms with Crippen LogP contribution in [0.25, 0.3) is 0 Å². The number of anilines is 2. The van der Waals surface area contributed by atoms with E-state index < -0.39 is 6.10 Å². The lowest BCUT2D eigenvalue weighted by molar-refractivity contribution is -0.147. The molecule has 0 N–H and O–H groups in total. The van der Waals surface area contributed by atoms with E-state index in [2.05, 4.69) is 32.9 Å². The fourth-order valence-corrected chi connectivity index (χ4v) is 3.92. The molecule has 0 spiro atoms. The summed E-state index contributed by atoms with van der Waals surface area (Å²) in [5.41, 5.74) is 3.15. The van der Waals surface area contributed by atoms with Crippen molar-refractivity contribution in [1.29, 1.82) is 0 Å². The van der Waals surface area contributed by atoms with Crippen molar-refractivity contribution in [2.24, 2.45) is 0 Å². The third kappa shape index (κ3) is 8.50. The standard InChI is InChI=1S/C30H36N2O4S/c1-22(33)35-28(20-31(5)24-11-8-7-9-12-24)21-34-27-14-10-13-25(19-27)32(6)29(37)36-26-17-15-23(16-18-26)30(2,3)4/h7-19,28H,20-21H2,1-6H3. The highest BCUT2D eigenvalue weighted by molar-refractivity contribution is 7.80. The Kier molecular flexibility index (Phi) is 9.53. The SMILES string of the molecule is CC(=O)OC(COc1cccc(N(C)C(=S)Oc2ccc(C(C)(C)C)cc2)c1)CN(C)c1ccccc1. The molecule has 37 heavy (non-hydrogen) atoms. The van der Waals surface area contributed by atoms with Crippen LogP contribution in [0.3, 0.4) is 0 Å². The Morgan fingerprint density at radius 3 is 2.16 bits per heavy atom. The Labute approximate surface area is 225 Å². The molecule has 0 aromatic heterocycles. The maximum Gasteiger partial charge on any atom is 0.303 e. The third-order valence-electron chi connectivity index (χ3n) is 5.85. The van der Waals surface area contributed by atoms with Gasteiger partial charge in [0.15, 0.2) is 6.10 Å². The van der Waals surface area contributed by atoms with Gasteiger partial charge in [-0.25, -0.2) is 0 Å². The van der Waals surface area contributed by atoms with Crippen molar-refractivity contribution in [3.05, 3.63) is 84.4 Å². The van der Waals surface area contributed by atoms with Gasteiger partial charge >= 0.3 is 5.97 Å². The molecular weight excluding hydrogens is 484 g/mol. The number of rotatable bonds is 9. The number of benzene rings is 3. The Morgan fingerprint density at radius 1 is 0.892 bits per heavy atom.